The predicted octanol–water partition coefficient (Wildman–Crippen LogP) is 0.231. The van der Waals surface area contributed by atoms with Gasteiger partial charge in [0.2, 0.25) is 10.0 Å². The molecule has 1 aromatic rings. The van der Waals surface area contributed by atoms with Crippen LogP contribution < -0.4 is 10.5 Å². The van der Waals surface area contributed by atoms with Crippen molar-refractivity contribution < 1.29 is 13.2 Å². The van der Waals surface area contributed by atoms with Crippen LogP contribution in [0.25, 0.3) is 0 Å². The second-order valence-corrected chi connectivity index (χ2v) is 6.24. The monoisotopic (exact) mass is 271 g/mol. The van der Waals surface area contributed by atoms with Crippen molar-refractivity contribution in [2.45, 2.75) is 25.3 Å². The van der Waals surface area contributed by atoms with Crippen LogP contribution in [0.5, 0.6) is 0 Å². The Hall–Kier alpha value is -1.34. The first-order valence-corrected chi connectivity index (χ1v) is 7.64. The molecule has 0 aromatic carbocycles. The van der Waals surface area contributed by atoms with Gasteiger partial charge in [0, 0.05) is 18.8 Å². The SMILES string of the molecule is NS(=O)(=O)CCNC(=O)c1cccn1C1CCC1. The Labute approximate surface area is 106 Å². The van der Waals surface area contributed by atoms with E-state index in [9.17, 15) is 13.2 Å². The molecule has 100 valence electrons. The second kappa shape index (κ2) is 5.11. The van der Waals surface area contributed by atoms with E-state index in [0.29, 0.717) is 11.7 Å². The molecule has 2 rings (SSSR count). The Morgan fingerprint density at radius 3 is 2.78 bits per heavy atom. The summed E-state index contributed by atoms with van der Waals surface area (Å²) in [5, 5.41) is 7.43. The highest BCUT2D eigenvalue weighted by Gasteiger charge is 2.23. The minimum Gasteiger partial charge on any atom is -0.350 e. The van der Waals surface area contributed by atoms with E-state index >= 15 is 0 Å². The Morgan fingerprint density at radius 2 is 2.22 bits per heavy atom. The zero-order chi connectivity index (χ0) is 13.2. The van der Waals surface area contributed by atoms with E-state index in [1.807, 2.05) is 16.8 Å². The molecule has 0 radical (unpaired) electrons. The number of aromatic nitrogens is 1. The largest absolute Gasteiger partial charge is 0.350 e. The maximum atomic E-state index is 11.9. The summed E-state index contributed by atoms with van der Waals surface area (Å²) < 4.78 is 23.5. The van der Waals surface area contributed by atoms with Crippen LogP contribution in [0.4, 0.5) is 0 Å². The zero-order valence-corrected chi connectivity index (χ0v) is 10.8. The Bertz CT molecular complexity index is 531. The van der Waals surface area contributed by atoms with Gasteiger partial charge in [-0.05, 0) is 31.4 Å². The molecule has 6 nitrogen and oxygen atoms in total. The molecular formula is C11H17N3O3S. The molecule has 0 unspecified atom stereocenters. The Morgan fingerprint density at radius 1 is 1.50 bits per heavy atom. The molecule has 1 amide bonds. The van der Waals surface area contributed by atoms with Gasteiger partial charge in [0.05, 0.1) is 5.75 Å². The number of hydrogen-bond donors (Lipinski definition) is 2. The van der Waals surface area contributed by atoms with Gasteiger partial charge in [-0.3, -0.25) is 4.79 Å². The molecular weight excluding hydrogens is 254 g/mol. The molecule has 1 heterocycles. The van der Waals surface area contributed by atoms with Crippen LogP contribution in [0.2, 0.25) is 0 Å². The highest BCUT2D eigenvalue weighted by Crippen LogP contribution is 2.32. The molecule has 0 spiro atoms. The zero-order valence-electron chi connectivity index (χ0n) is 10.0. The molecule has 18 heavy (non-hydrogen) atoms. The summed E-state index contributed by atoms with van der Waals surface area (Å²) in [7, 11) is -3.53. The molecule has 1 saturated carbocycles. The van der Waals surface area contributed by atoms with Crippen molar-refractivity contribution in [3.8, 4) is 0 Å². The summed E-state index contributed by atoms with van der Waals surface area (Å²) in [6.45, 7) is 0.0352. The van der Waals surface area contributed by atoms with E-state index in [4.69, 9.17) is 5.14 Å². The fourth-order valence-electron chi connectivity index (χ4n) is 1.97. The van der Waals surface area contributed by atoms with Gasteiger partial charge >= 0.3 is 0 Å². The lowest BCUT2D eigenvalue weighted by Gasteiger charge is -2.28. The molecule has 1 aliphatic rings. The summed E-state index contributed by atoms with van der Waals surface area (Å²) in [4.78, 5) is 11.9. The maximum absolute atomic E-state index is 11.9. The van der Waals surface area contributed by atoms with E-state index in [2.05, 4.69) is 5.32 Å². The third-order valence-electron chi connectivity index (χ3n) is 3.15. The van der Waals surface area contributed by atoms with Crippen molar-refractivity contribution >= 4 is 15.9 Å². The minimum absolute atomic E-state index is 0.0352. The number of rotatable bonds is 5. The van der Waals surface area contributed by atoms with E-state index in [1.165, 1.54) is 6.42 Å². The number of nitrogens with one attached hydrogen (secondary N) is 1. The molecule has 7 heteroatoms. The molecule has 0 atom stereocenters. The third-order valence-corrected chi connectivity index (χ3v) is 3.92. The third kappa shape index (κ3) is 3.11. The summed E-state index contributed by atoms with van der Waals surface area (Å²) in [5.41, 5.74) is 0.578. The molecule has 1 aromatic heterocycles. The van der Waals surface area contributed by atoms with Gasteiger partial charge in [-0.1, -0.05) is 0 Å². The van der Waals surface area contributed by atoms with Crippen molar-refractivity contribution in [2.75, 3.05) is 12.3 Å². The number of carbonyl (C=O) groups excluding carboxylic acids is 1. The van der Waals surface area contributed by atoms with Gasteiger partial charge in [0.25, 0.3) is 5.91 Å². The van der Waals surface area contributed by atoms with Crippen molar-refractivity contribution in [1.82, 2.24) is 9.88 Å². The Balaban J connectivity index is 1.94. The van der Waals surface area contributed by atoms with Crippen LogP contribution in [-0.2, 0) is 10.0 Å². The fourth-order valence-corrected chi connectivity index (χ4v) is 2.35. The number of nitrogens with zero attached hydrogens (tertiary/aromatic N) is 1. The number of amides is 1. The first-order chi connectivity index (χ1) is 8.47. The first kappa shape index (κ1) is 13.1. The predicted molar refractivity (Wildman–Crippen MR) is 67.6 cm³/mol. The first-order valence-electron chi connectivity index (χ1n) is 5.93. The lowest BCUT2D eigenvalue weighted by molar-refractivity contribution is 0.0941. The van der Waals surface area contributed by atoms with Crippen molar-refractivity contribution in [3.63, 3.8) is 0 Å². The number of nitrogens with two attached hydrogens (primary N) is 1. The molecule has 0 aliphatic heterocycles. The molecule has 1 aliphatic carbocycles. The smallest absolute Gasteiger partial charge is 0.267 e. The van der Waals surface area contributed by atoms with Crippen molar-refractivity contribution in [2.24, 2.45) is 5.14 Å². The van der Waals surface area contributed by atoms with Crippen LogP contribution in [0.1, 0.15) is 35.8 Å². The van der Waals surface area contributed by atoms with E-state index in [-0.39, 0.29) is 18.2 Å². The lowest BCUT2D eigenvalue weighted by atomic mass is 9.93. The van der Waals surface area contributed by atoms with Gasteiger partial charge in [-0.2, -0.15) is 0 Å². The highest BCUT2D eigenvalue weighted by atomic mass is 32.2. The van der Waals surface area contributed by atoms with Crippen LogP contribution in [-0.4, -0.2) is 31.2 Å². The Kier molecular flexibility index (Phi) is 3.72. The normalized spacial score (nSPS) is 16.3. The average Bonchev–Trinajstić information content (AvgIpc) is 2.61. The molecule has 1 fully saturated rings. The maximum Gasteiger partial charge on any atom is 0.267 e. The number of hydrogen-bond acceptors (Lipinski definition) is 3. The van der Waals surface area contributed by atoms with E-state index in [0.717, 1.165) is 12.8 Å². The van der Waals surface area contributed by atoms with E-state index < -0.39 is 10.0 Å². The van der Waals surface area contributed by atoms with Gasteiger partial charge in [-0.15, -0.1) is 0 Å². The summed E-state index contributed by atoms with van der Waals surface area (Å²) in [5.74, 6) is -0.501. The van der Waals surface area contributed by atoms with Crippen LogP contribution in [0, 0.1) is 0 Å². The van der Waals surface area contributed by atoms with Crippen molar-refractivity contribution in [3.05, 3.63) is 24.0 Å². The number of carbonyl (C=O) groups is 1. The van der Waals surface area contributed by atoms with Gasteiger partial charge in [0.1, 0.15) is 5.69 Å². The summed E-state index contributed by atoms with van der Waals surface area (Å²) in [6.07, 6.45) is 5.26. The molecule has 0 bridgehead atoms. The number of primary sulfonamides is 1. The fraction of sp³-hybridized carbons (Fsp3) is 0.545. The van der Waals surface area contributed by atoms with Crippen LogP contribution >= 0.6 is 0 Å². The van der Waals surface area contributed by atoms with Crippen LogP contribution in [0.15, 0.2) is 18.3 Å². The summed E-state index contributed by atoms with van der Waals surface area (Å²) in [6, 6.07) is 3.97. The van der Waals surface area contributed by atoms with Crippen molar-refractivity contribution in [1.29, 1.82) is 0 Å². The van der Waals surface area contributed by atoms with Gasteiger partial charge in [-0.25, -0.2) is 13.6 Å². The average molecular weight is 271 g/mol. The second-order valence-electron chi connectivity index (χ2n) is 4.51. The minimum atomic E-state index is -3.53. The van der Waals surface area contributed by atoms with E-state index in [1.54, 1.807) is 6.07 Å². The standard InChI is InChI=1S/C11H17N3O3S/c12-18(16,17)8-6-13-11(15)10-5-2-7-14(10)9-3-1-4-9/h2,5,7,9H,1,3-4,6,8H2,(H,13,15)(H2,12,16,17). The van der Waals surface area contributed by atoms with Gasteiger partial charge < -0.3 is 9.88 Å². The molecule has 3 N–H and O–H groups in total. The van der Waals surface area contributed by atoms with Crippen LogP contribution in [0.3, 0.4) is 0 Å². The number of sulfonamides is 1. The topological polar surface area (TPSA) is 94.2 Å². The molecule has 0 saturated heterocycles. The lowest BCUT2D eigenvalue weighted by Crippen LogP contribution is -2.33. The highest BCUT2D eigenvalue weighted by molar-refractivity contribution is 7.89. The quantitative estimate of drug-likeness (QED) is 0.802. The van der Waals surface area contributed by atoms with Gasteiger partial charge in [0.15, 0.2) is 0 Å². The summed E-state index contributed by atoms with van der Waals surface area (Å²) >= 11 is 0.